The predicted molar refractivity (Wildman–Crippen MR) is 217 cm³/mol. The second-order valence-corrected chi connectivity index (χ2v) is 18.5. The molecule has 1 aromatic carbocycles. The molecule has 1 aliphatic carbocycles. The summed E-state index contributed by atoms with van der Waals surface area (Å²) in [6.45, 7) is 6.56. The van der Waals surface area contributed by atoms with E-state index < -0.39 is 63.4 Å². The van der Waals surface area contributed by atoms with Gasteiger partial charge in [-0.15, -0.1) is 23.1 Å². The molecule has 21 heteroatoms. The van der Waals surface area contributed by atoms with E-state index in [1.54, 1.807) is 4.57 Å². The molecule has 0 bridgehead atoms. The van der Waals surface area contributed by atoms with E-state index >= 15 is 0 Å². The Morgan fingerprint density at radius 3 is 2.46 bits per heavy atom. The number of hydrogen-bond acceptors (Lipinski definition) is 14. The molecule has 18 nitrogen and oxygen atoms in total. The number of nitrogens with zero attached hydrogens (tertiary/aromatic N) is 5. The summed E-state index contributed by atoms with van der Waals surface area (Å²) in [6, 6.07) is 1.25. The van der Waals surface area contributed by atoms with Crippen LogP contribution >= 0.6 is 34.7 Å². The molecule has 59 heavy (non-hydrogen) atoms. The number of hydrogen-bond donors (Lipinski definition) is 6. The molecule has 5 heterocycles. The molecule has 7 N–H and O–H groups in total. The number of quaternary nitrogens is 1. The minimum atomic E-state index is -1.79. The van der Waals surface area contributed by atoms with Crippen LogP contribution in [-0.2, 0) is 24.0 Å². The number of thioether (sulfide) groups is 1. The van der Waals surface area contributed by atoms with Gasteiger partial charge in [0.05, 0.1) is 53.4 Å². The lowest BCUT2D eigenvalue weighted by molar-refractivity contribution is -0.911. The molecule has 314 valence electrons. The molecule has 4 aliphatic rings. The molecule has 0 spiro atoms. The summed E-state index contributed by atoms with van der Waals surface area (Å²) in [5.41, 5.74) is 3.60. The Labute approximate surface area is 349 Å². The van der Waals surface area contributed by atoms with Crippen molar-refractivity contribution in [2.45, 2.75) is 75.1 Å². The van der Waals surface area contributed by atoms with E-state index in [-0.39, 0.29) is 69.0 Å². The number of carbonyl (C=O) groups is 5. The average Bonchev–Trinajstić information content (AvgIpc) is 3.77. The van der Waals surface area contributed by atoms with Crippen LogP contribution in [-0.4, -0.2) is 124 Å². The molecular formula is C38H43ClN7O11S2+. The number of nitrogens with one attached hydrogen (secondary N) is 1. The fourth-order valence-electron chi connectivity index (χ4n) is 7.90. The Bertz CT molecular complexity index is 2420. The van der Waals surface area contributed by atoms with E-state index in [0.717, 1.165) is 37.0 Å². The number of halogens is 1. The van der Waals surface area contributed by atoms with E-state index in [2.05, 4.69) is 15.5 Å². The first-order valence-electron chi connectivity index (χ1n) is 19.0. The largest absolute Gasteiger partial charge is 0.504 e. The van der Waals surface area contributed by atoms with Crippen LogP contribution in [0.1, 0.15) is 75.0 Å². The van der Waals surface area contributed by atoms with Crippen molar-refractivity contribution < 1.29 is 53.7 Å². The van der Waals surface area contributed by atoms with Gasteiger partial charge in [0.2, 0.25) is 16.9 Å². The summed E-state index contributed by atoms with van der Waals surface area (Å²) in [7, 11) is 0. The zero-order valence-corrected chi connectivity index (χ0v) is 34.7. The summed E-state index contributed by atoms with van der Waals surface area (Å²) in [5, 5.41) is 47.3. The Hall–Kier alpha value is -5.18. The topological polar surface area (TPSA) is 264 Å². The third-order valence-corrected chi connectivity index (χ3v) is 13.9. The van der Waals surface area contributed by atoms with Crippen LogP contribution in [0.4, 0.5) is 5.13 Å². The van der Waals surface area contributed by atoms with Gasteiger partial charge in [-0.3, -0.25) is 24.1 Å². The van der Waals surface area contributed by atoms with E-state index in [9.17, 15) is 49.2 Å². The molecule has 0 radical (unpaired) electrons. The minimum absolute atomic E-state index is 0.00357. The Morgan fingerprint density at radius 2 is 1.85 bits per heavy atom. The van der Waals surface area contributed by atoms with Crippen molar-refractivity contribution in [3.8, 4) is 11.5 Å². The Balaban J connectivity index is 1.08. The third kappa shape index (κ3) is 7.85. The first-order chi connectivity index (χ1) is 27.8. The van der Waals surface area contributed by atoms with Crippen molar-refractivity contribution >= 4 is 86.0 Å². The van der Waals surface area contributed by atoms with E-state index in [1.807, 2.05) is 6.92 Å². The number of carbonyl (C=O) groups excluding carboxylic acids is 3. The number of carboxylic acid groups (broad SMARTS) is 2. The number of thiazole rings is 1. The number of carboxylic acids is 2. The maximum atomic E-state index is 13.8. The lowest BCUT2D eigenvalue weighted by Crippen LogP contribution is -2.63. The first-order valence-corrected chi connectivity index (χ1v) is 21.2. The summed E-state index contributed by atoms with van der Waals surface area (Å²) in [4.78, 5) is 89.7. The lowest BCUT2D eigenvalue weighted by atomic mass is 9.88. The second kappa shape index (κ2) is 15.8. The molecule has 1 saturated carbocycles. The Morgan fingerprint density at radius 1 is 1.15 bits per heavy atom. The summed E-state index contributed by atoms with van der Waals surface area (Å²) in [5.74, 6) is -6.51. The SMILES string of the molecule is C[C@@H]1S[C@@H]2[C@H](CC(=O)/C(=N\OC(C)(C)C(=O)O)c3csc(N)n3)C(=O)N2C(C(=O)O)=C1C[N+]1(CCNC(=O)c2cn(C3CC3)c3cc(O)c(O)c(Cl)c3c2=O)CCCC1. The number of nitrogens with two attached hydrogens (primary N) is 1. The van der Waals surface area contributed by atoms with Gasteiger partial charge in [-0.1, -0.05) is 16.8 Å². The van der Waals surface area contributed by atoms with Crippen LogP contribution < -0.4 is 16.5 Å². The number of ketones is 1. The number of fused-ring (bicyclic) bond motifs is 2. The van der Waals surface area contributed by atoms with Crippen molar-refractivity contribution in [3.63, 3.8) is 0 Å². The number of amides is 2. The fraction of sp³-hybridized carbons (Fsp3) is 0.474. The van der Waals surface area contributed by atoms with Crippen molar-refractivity contribution in [2.75, 3.05) is 38.5 Å². The number of oxime groups is 1. The number of aromatic hydroxyl groups is 2. The van der Waals surface area contributed by atoms with Crippen molar-refractivity contribution in [1.82, 2.24) is 19.8 Å². The maximum Gasteiger partial charge on any atom is 0.352 e. The molecule has 2 saturated heterocycles. The van der Waals surface area contributed by atoms with Crippen molar-refractivity contribution in [1.29, 1.82) is 0 Å². The van der Waals surface area contributed by atoms with Gasteiger partial charge in [0, 0.05) is 53.8 Å². The number of β-lactam (4-membered cyclic amide) rings is 1. The second-order valence-electron chi connectivity index (χ2n) is 15.8. The van der Waals surface area contributed by atoms with Gasteiger partial charge in [-0.2, -0.15) is 0 Å². The smallest absolute Gasteiger partial charge is 0.352 e. The number of phenols is 2. The quantitative estimate of drug-likeness (QED) is 0.0421. The molecule has 3 aromatic rings. The van der Waals surface area contributed by atoms with Gasteiger partial charge < -0.3 is 45.4 Å². The molecule has 3 fully saturated rings. The molecule has 3 atom stereocenters. The van der Waals surface area contributed by atoms with Gasteiger partial charge in [0.1, 0.15) is 23.5 Å². The van der Waals surface area contributed by atoms with Gasteiger partial charge in [0.25, 0.3) is 5.91 Å². The fourth-order valence-corrected chi connectivity index (χ4v) is 10.2. The van der Waals surface area contributed by atoms with Crippen molar-refractivity contribution in [3.05, 3.63) is 55.4 Å². The maximum absolute atomic E-state index is 13.8. The minimum Gasteiger partial charge on any atom is -0.504 e. The highest BCUT2D eigenvalue weighted by Crippen LogP contribution is 2.49. The molecular weight excluding hydrogens is 830 g/mol. The number of benzene rings is 1. The van der Waals surface area contributed by atoms with Crippen LogP contribution in [0, 0.1) is 5.92 Å². The number of aromatic nitrogens is 2. The van der Waals surface area contributed by atoms with E-state index in [4.69, 9.17) is 22.2 Å². The molecule has 0 unspecified atom stereocenters. The average molecular weight is 873 g/mol. The predicted octanol–water partition coefficient (Wildman–Crippen LogP) is 3.28. The number of Topliss-reactive ketones (excluding diaryl/α,β-unsaturated/α-hetero) is 1. The highest BCUT2D eigenvalue weighted by molar-refractivity contribution is 8.00. The van der Waals surface area contributed by atoms with Crippen LogP contribution in [0.5, 0.6) is 11.5 Å². The number of pyridine rings is 1. The van der Waals surface area contributed by atoms with E-state index in [0.29, 0.717) is 35.2 Å². The normalized spacial score (nSPS) is 21.6. The van der Waals surface area contributed by atoms with Gasteiger partial charge in [-0.05, 0) is 33.6 Å². The van der Waals surface area contributed by atoms with Crippen molar-refractivity contribution in [2.24, 2.45) is 11.1 Å². The zero-order chi connectivity index (χ0) is 42.7. The standard InChI is InChI=1S/C38H42ClN7O11S2/c1-17-21(29(35(53)54)45-33(52)19(34(45)59-17)12-24(47)28(22-16-58-37(40)42-22)43-57-38(2,3)36(55)56)15-46(9-4-5-10-46)11-8-41-32(51)20-14-44(18-6-7-18)23-13-25(48)31(50)27(39)26(23)30(20)49/h13-14,16-19,34H,4-12,15H2,1-3H3,(H6-,40,41,42,43,47,48,49,50,51,53,54,55,56)/p+1/t17-,19+,34+/m0/s1. The third-order valence-electron chi connectivity index (χ3n) is 11.3. The number of likely N-dealkylation sites (tertiary alicyclic amines) is 1. The van der Waals surface area contributed by atoms with Crippen LogP contribution in [0.3, 0.4) is 0 Å². The van der Waals surface area contributed by atoms with E-state index in [1.165, 1.54) is 48.2 Å². The van der Waals surface area contributed by atoms with Gasteiger partial charge >= 0.3 is 11.9 Å². The summed E-state index contributed by atoms with van der Waals surface area (Å²) in [6.07, 6.45) is 4.40. The van der Waals surface area contributed by atoms with Gasteiger partial charge in [-0.25, -0.2) is 14.6 Å². The lowest BCUT2D eigenvalue weighted by Gasteiger charge is -2.51. The molecule has 3 aliphatic heterocycles. The molecule has 2 aromatic heterocycles. The number of rotatable bonds is 15. The monoisotopic (exact) mass is 872 g/mol. The molecule has 2 amide bonds. The summed E-state index contributed by atoms with van der Waals surface area (Å²) < 4.78 is 2.15. The van der Waals surface area contributed by atoms with Crippen LogP contribution in [0.25, 0.3) is 10.9 Å². The number of anilines is 1. The first kappa shape index (κ1) is 42.0. The zero-order valence-electron chi connectivity index (χ0n) is 32.3. The number of nitrogen functional groups attached to an aromatic ring is 1. The molecule has 7 rings (SSSR count). The Kier molecular flexibility index (Phi) is 11.2. The van der Waals surface area contributed by atoms with Gasteiger partial charge in [0.15, 0.2) is 28.1 Å². The number of phenolic OH excluding ortho intramolecular Hbond substituents is 2. The summed E-state index contributed by atoms with van der Waals surface area (Å²) >= 11 is 8.71. The number of aliphatic carboxylic acids is 2. The van der Waals surface area contributed by atoms with Crippen LogP contribution in [0.15, 0.2) is 38.9 Å². The highest BCUT2D eigenvalue weighted by atomic mass is 35.5. The van der Waals surface area contributed by atoms with Crippen LogP contribution in [0.2, 0.25) is 5.02 Å². The highest BCUT2D eigenvalue weighted by Gasteiger charge is 2.56.